The molecule has 0 aliphatic carbocycles. The Kier molecular flexibility index (Phi) is 5.07. The average molecular weight is 555 g/mol. The van der Waals surface area contributed by atoms with E-state index >= 15 is 0 Å². The SMILES string of the molecule is c1cc(-c2ccc(-c3cnc4c(n3)oc3ccc5ccccc5c34)cc2)cc(-c2cccc3c2sc2ccccc23)c1. The van der Waals surface area contributed by atoms with Gasteiger partial charge in [0.25, 0.3) is 0 Å². The summed E-state index contributed by atoms with van der Waals surface area (Å²) in [4.78, 5) is 9.67. The maximum absolute atomic E-state index is 6.15. The Morgan fingerprint density at radius 2 is 1.33 bits per heavy atom. The topological polar surface area (TPSA) is 38.9 Å². The van der Waals surface area contributed by atoms with E-state index in [0.717, 1.165) is 38.7 Å². The molecular formula is C38H22N2OS. The molecule has 4 heteroatoms. The van der Waals surface area contributed by atoms with Gasteiger partial charge in [0.2, 0.25) is 5.71 Å². The lowest BCUT2D eigenvalue weighted by Gasteiger charge is -2.08. The molecule has 0 radical (unpaired) electrons. The first-order chi connectivity index (χ1) is 20.8. The highest BCUT2D eigenvalue weighted by atomic mass is 32.1. The summed E-state index contributed by atoms with van der Waals surface area (Å²) in [6.07, 6.45) is 1.85. The number of aromatic nitrogens is 2. The van der Waals surface area contributed by atoms with Crippen molar-refractivity contribution >= 4 is 64.5 Å². The Hall–Kier alpha value is -5.32. The molecular weight excluding hydrogens is 532 g/mol. The van der Waals surface area contributed by atoms with Gasteiger partial charge in [0.05, 0.1) is 17.3 Å². The van der Waals surface area contributed by atoms with Crippen LogP contribution in [0.5, 0.6) is 0 Å². The van der Waals surface area contributed by atoms with Crippen LogP contribution in [-0.4, -0.2) is 9.97 Å². The van der Waals surface area contributed by atoms with Crippen LogP contribution in [0.3, 0.4) is 0 Å². The lowest BCUT2D eigenvalue weighted by atomic mass is 9.97. The number of benzene rings is 6. The highest BCUT2D eigenvalue weighted by Crippen LogP contribution is 2.40. The van der Waals surface area contributed by atoms with Crippen molar-refractivity contribution < 1.29 is 4.42 Å². The summed E-state index contributed by atoms with van der Waals surface area (Å²) in [7, 11) is 0. The van der Waals surface area contributed by atoms with Crippen LogP contribution in [0.2, 0.25) is 0 Å². The Bertz CT molecular complexity index is 2470. The molecule has 0 saturated carbocycles. The van der Waals surface area contributed by atoms with Gasteiger partial charge in [-0.25, -0.2) is 9.97 Å². The molecule has 3 aromatic heterocycles. The second-order valence-electron chi connectivity index (χ2n) is 10.6. The predicted molar refractivity (Wildman–Crippen MR) is 176 cm³/mol. The predicted octanol–water partition coefficient (Wildman–Crippen LogP) is 10.9. The molecule has 6 aromatic carbocycles. The third kappa shape index (κ3) is 3.59. The molecule has 196 valence electrons. The molecule has 0 spiro atoms. The molecule has 0 N–H and O–H groups in total. The molecule has 0 bridgehead atoms. The Morgan fingerprint density at radius 1 is 0.571 bits per heavy atom. The van der Waals surface area contributed by atoms with Gasteiger partial charge in [-0.05, 0) is 51.2 Å². The zero-order chi connectivity index (χ0) is 27.6. The first kappa shape index (κ1) is 23.4. The summed E-state index contributed by atoms with van der Waals surface area (Å²) in [6, 6.07) is 45.1. The minimum Gasteiger partial charge on any atom is -0.436 e. The van der Waals surface area contributed by atoms with Gasteiger partial charge in [0, 0.05) is 25.7 Å². The molecule has 3 heterocycles. The molecule has 0 aliphatic heterocycles. The second-order valence-corrected chi connectivity index (χ2v) is 11.7. The summed E-state index contributed by atoms with van der Waals surface area (Å²) in [5, 5.41) is 5.95. The Morgan fingerprint density at radius 3 is 2.26 bits per heavy atom. The van der Waals surface area contributed by atoms with Gasteiger partial charge in [-0.2, -0.15) is 0 Å². The van der Waals surface area contributed by atoms with Crippen LogP contribution in [0.15, 0.2) is 138 Å². The van der Waals surface area contributed by atoms with Crippen molar-refractivity contribution in [3.05, 3.63) is 134 Å². The lowest BCUT2D eigenvalue weighted by molar-refractivity contribution is 0.654. The largest absolute Gasteiger partial charge is 0.436 e. The number of rotatable bonds is 3. The second kappa shape index (κ2) is 9.10. The zero-order valence-electron chi connectivity index (χ0n) is 22.4. The third-order valence-corrected chi connectivity index (χ3v) is 9.39. The van der Waals surface area contributed by atoms with Gasteiger partial charge in [0.15, 0.2) is 0 Å². The normalized spacial score (nSPS) is 11.8. The van der Waals surface area contributed by atoms with Crippen molar-refractivity contribution in [2.75, 3.05) is 0 Å². The number of hydrogen-bond donors (Lipinski definition) is 0. The van der Waals surface area contributed by atoms with E-state index in [-0.39, 0.29) is 0 Å². The van der Waals surface area contributed by atoms with Gasteiger partial charge in [-0.3, -0.25) is 0 Å². The standard InChI is InChI=1S/C38H22N2OS/c1-2-10-28-24(7-1)19-20-33-35(28)36-38(41-33)40-32(22-39-36)25-17-15-23(16-18-25)26-8-5-9-27(21-26)29-12-6-13-31-30-11-3-4-14-34(30)42-37(29)31/h1-22H. The quantitative estimate of drug-likeness (QED) is 0.218. The number of fused-ring (bicyclic) bond motifs is 8. The van der Waals surface area contributed by atoms with Gasteiger partial charge in [-0.1, -0.05) is 109 Å². The molecule has 9 rings (SSSR count). The number of thiophene rings is 1. The Balaban J connectivity index is 1.08. The van der Waals surface area contributed by atoms with E-state index in [1.165, 1.54) is 42.2 Å². The van der Waals surface area contributed by atoms with Crippen LogP contribution in [0.25, 0.3) is 86.7 Å². The van der Waals surface area contributed by atoms with Crippen LogP contribution in [0, 0.1) is 0 Å². The van der Waals surface area contributed by atoms with E-state index in [2.05, 4.69) is 109 Å². The van der Waals surface area contributed by atoms with Gasteiger partial charge < -0.3 is 4.42 Å². The Labute approximate surface area is 245 Å². The van der Waals surface area contributed by atoms with E-state index in [9.17, 15) is 0 Å². The van der Waals surface area contributed by atoms with Gasteiger partial charge in [0.1, 0.15) is 11.1 Å². The van der Waals surface area contributed by atoms with E-state index in [1.807, 2.05) is 35.7 Å². The number of nitrogens with zero attached hydrogens (tertiary/aromatic N) is 2. The zero-order valence-corrected chi connectivity index (χ0v) is 23.2. The van der Waals surface area contributed by atoms with Crippen LogP contribution >= 0.6 is 11.3 Å². The molecule has 0 amide bonds. The van der Waals surface area contributed by atoms with E-state index in [0.29, 0.717) is 5.71 Å². The monoisotopic (exact) mass is 554 g/mol. The van der Waals surface area contributed by atoms with Crippen LogP contribution in [0.1, 0.15) is 0 Å². The van der Waals surface area contributed by atoms with Crippen molar-refractivity contribution in [1.29, 1.82) is 0 Å². The summed E-state index contributed by atoms with van der Waals surface area (Å²) in [5.41, 5.74) is 8.81. The summed E-state index contributed by atoms with van der Waals surface area (Å²) in [6.45, 7) is 0. The summed E-state index contributed by atoms with van der Waals surface area (Å²) in [5.74, 6) is 0. The molecule has 0 atom stereocenters. The third-order valence-electron chi connectivity index (χ3n) is 8.17. The van der Waals surface area contributed by atoms with E-state index in [1.54, 1.807) is 0 Å². The molecule has 0 unspecified atom stereocenters. The summed E-state index contributed by atoms with van der Waals surface area (Å²) < 4.78 is 8.80. The van der Waals surface area contributed by atoms with Crippen molar-refractivity contribution in [1.82, 2.24) is 9.97 Å². The fraction of sp³-hybridized carbons (Fsp3) is 0. The van der Waals surface area contributed by atoms with Crippen molar-refractivity contribution in [3.8, 4) is 33.5 Å². The van der Waals surface area contributed by atoms with Gasteiger partial charge in [-0.15, -0.1) is 11.3 Å². The molecule has 0 fully saturated rings. The fourth-order valence-electron chi connectivity index (χ4n) is 6.11. The number of furan rings is 1. The maximum Gasteiger partial charge on any atom is 0.246 e. The molecule has 9 aromatic rings. The van der Waals surface area contributed by atoms with E-state index < -0.39 is 0 Å². The van der Waals surface area contributed by atoms with Crippen LogP contribution in [0.4, 0.5) is 0 Å². The summed E-state index contributed by atoms with van der Waals surface area (Å²) >= 11 is 1.87. The number of hydrogen-bond acceptors (Lipinski definition) is 4. The molecule has 0 aliphatic rings. The lowest BCUT2D eigenvalue weighted by Crippen LogP contribution is -1.87. The minimum absolute atomic E-state index is 0.561. The first-order valence-corrected chi connectivity index (χ1v) is 14.8. The van der Waals surface area contributed by atoms with Crippen molar-refractivity contribution in [2.45, 2.75) is 0 Å². The smallest absolute Gasteiger partial charge is 0.246 e. The maximum atomic E-state index is 6.15. The van der Waals surface area contributed by atoms with E-state index in [4.69, 9.17) is 14.4 Å². The average Bonchev–Trinajstić information content (AvgIpc) is 3.63. The molecule has 42 heavy (non-hydrogen) atoms. The highest BCUT2D eigenvalue weighted by Gasteiger charge is 2.15. The highest BCUT2D eigenvalue weighted by molar-refractivity contribution is 7.26. The van der Waals surface area contributed by atoms with Gasteiger partial charge >= 0.3 is 0 Å². The minimum atomic E-state index is 0.561. The fourth-order valence-corrected chi connectivity index (χ4v) is 7.35. The van der Waals surface area contributed by atoms with Crippen molar-refractivity contribution in [2.24, 2.45) is 0 Å². The first-order valence-electron chi connectivity index (χ1n) is 14.0. The molecule has 0 saturated heterocycles. The van der Waals surface area contributed by atoms with Crippen LogP contribution < -0.4 is 0 Å². The van der Waals surface area contributed by atoms with Crippen LogP contribution in [-0.2, 0) is 0 Å². The van der Waals surface area contributed by atoms with Crippen molar-refractivity contribution in [3.63, 3.8) is 0 Å². The molecule has 3 nitrogen and oxygen atoms in total.